The molecule has 3 aliphatic carbocycles. The Bertz CT molecular complexity index is 3140. The third-order valence-electron chi connectivity index (χ3n) is 27.3. The van der Waals surface area contributed by atoms with Crippen molar-refractivity contribution in [2.75, 3.05) is 85.8 Å². The summed E-state index contributed by atoms with van der Waals surface area (Å²) in [6, 6.07) is 9.16. The molecule has 15 atom stereocenters. The van der Waals surface area contributed by atoms with E-state index in [0.717, 1.165) is 173 Å². The highest BCUT2D eigenvalue weighted by molar-refractivity contribution is 5.80. The number of ether oxygens (including phenoxy) is 10. The largest absolute Gasteiger partial charge is 0.466 e. The number of benzene rings is 1. The Morgan fingerprint density at radius 3 is 0.953 bits per heavy atom. The molecule has 4 rings (SSSR count). The first-order valence-electron chi connectivity index (χ1n) is 50.7. The van der Waals surface area contributed by atoms with E-state index in [2.05, 4.69) is 68.1 Å². The van der Waals surface area contributed by atoms with Crippen molar-refractivity contribution in [2.24, 2.45) is 53.3 Å². The lowest BCUT2D eigenvalue weighted by atomic mass is 9.70. The number of nitrogens with one attached hydrogen (secondary N) is 5. The van der Waals surface area contributed by atoms with Crippen LogP contribution in [-0.2, 0) is 107 Å². The Morgan fingerprint density at radius 2 is 0.628 bits per heavy atom. The van der Waals surface area contributed by atoms with Crippen LogP contribution in [0.4, 0.5) is 0 Å². The summed E-state index contributed by atoms with van der Waals surface area (Å²) >= 11 is 0. The highest BCUT2D eigenvalue weighted by Gasteiger charge is 2.45. The number of Topliss-reactive ketones (excluding diaryl/α,β-unsaturated/α-hetero) is 2. The van der Waals surface area contributed by atoms with E-state index in [1.807, 2.05) is 30.3 Å². The maximum Gasteiger partial charge on any atom is 0.306 e. The second-order valence-electron chi connectivity index (χ2n) is 38.3. The fourth-order valence-electron chi connectivity index (χ4n) is 18.7. The zero-order valence-electron chi connectivity index (χ0n) is 82.1. The lowest BCUT2D eigenvalue weighted by molar-refractivity contribution is -0.146. The van der Waals surface area contributed by atoms with Gasteiger partial charge in [-0.05, 0) is 123 Å². The lowest BCUT2D eigenvalue weighted by Crippen LogP contribution is -2.58. The van der Waals surface area contributed by atoms with Crippen LogP contribution >= 0.6 is 0 Å². The van der Waals surface area contributed by atoms with Gasteiger partial charge in [-0.2, -0.15) is 0 Å². The van der Waals surface area contributed by atoms with Gasteiger partial charge in [-0.1, -0.05) is 245 Å². The third-order valence-corrected chi connectivity index (χ3v) is 27.3. The van der Waals surface area contributed by atoms with Crippen molar-refractivity contribution >= 4 is 65.0 Å². The minimum Gasteiger partial charge on any atom is -0.466 e. The molecule has 0 spiro atoms. The van der Waals surface area contributed by atoms with E-state index in [0.29, 0.717) is 59.0 Å². The molecular formula is C103H177N5O21. The second-order valence-corrected chi connectivity index (χ2v) is 38.3. The molecule has 0 saturated heterocycles. The summed E-state index contributed by atoms with van der Waals surface area (Å²) in [5, 5.41) is 15.6. The summed E-state index contributed by atoms with van der Waals surface area (Å²) in [6.07, 6.45) is 39.0. The van der Waals surface area contributed by atoms with Gasteiger partial charge in [0.05, 0.1) is 95.9 Å². The molecule has 26 nitrogen and oxygen atoms in total. The maximum atomic E-state index is 14.0. The minimum atomic E-state index is -1.27. The summed E-state index contributed by atoms with van der Waals surface area (Å²) in [5.41, 5.74) is -0.419. The van der Waals surface area contributed by atoms with Gasteiger partial charge in [0.15, 0.2) is 0 Å². The monoisotopic (exact) mass is 1820 g/mol. The third kappa shape index (κ3) is 53.3. The van der Waals surface area contributed by atoms with Crippen molar-refractivity contribution in [1.82, 2.24) is 26.6 Å². The smallest absolute Gasteiger partial charge is 0.306 e. The van der Waals surface area contributed by atoms with E-state index in [1.54, 1.807) is 20.8 Å². The predicted octanol–water partition coefficient (Wildman–Crippen LogP) is 18.1. The van der Waals surface area contributed by atoms with Crippen LogP contribution in [0, 0.1) is 53.3 Å². The van der Waals surface area contributed by atoms with Gasteiger partial charge in [0.25, 0.3) is 0 Å². The molecule has 0 aromatic heterocycles. The normalized spacial score (nSPS) is 22.5. The highest BCUT2D eigenvalue weighted by atomic mass is 16.6. The van der Waals surface area contributed by atoms with Crippen LogP contribution < -0.4 is 26.6 Å². The van der Waals surface area contributed by atoms with Crippen LogP contribution in [0.2, 0.25) is 0 Å². The van der Waals surface area contributed by atoms with E-state index >= 15 is 0 Å². The summed E-state index contributed by atoms with van der Waals surface area (Å²) in [6.45, 7) is 25.6. The van der Waals surface area contributed by atoms with Gasteiger partial charge in [-0.15, -0.1) is 0 Å². The van der Waals surface area contributed by atoms with Gasteiger partial charge >= 0.3 is 23.9 Å². The predicted molar refractivity (Wildman–Crippen MR) is 503 cm³/mol. The van der Waals surface area contributed by atoms with Crippen LogP contribution in [0.15, 0.2) is 30.3 Å². The summed E-state index contributed by atoms with van der Waals surface area (Å²) in [5.74, 6) is 0.134. The first kappa shape index (κ1) is 115. The minimum absolute atomic E-state index is 0.00915. The number of hydrogen-bond donors (Lipinski definition) is 5. The molecule has 3 saturated carbocycles. The molecule has 129 heavy (non-hydrogen) atoms. The standard InChI is InChI=1S/C103H177N5O21/c1-76-79(4)100(105-82(7)109)94(66-89(76)70-126-85(10)112)123-60-46-37-31-25-19-13-16-22-28-34-43-52-92(115)56-63-120-73-103(108-98(118)54-49-55-99(119)129-69-88-50-41-40-42-51-88,74-121-64-57-93(116)53-44-35-29-23-17-14-20-26-32-38-47-61-124-95-67-90(71-127-86(11)113)77(2)80(5)101(95)106-83(8)110)75-122-65-58-97(117)104-59-45-36-30-24-18-15-21-27-33-39-48-62-125-96-68-91(72-128-87(12)114)78(3)81(6)102(96)107-84(9)111/h40-42,50-51,76-81,89-91,94-96,100-102H,13-39,43-49,52-75H2,1-12H3,(H,104,117)(H,105,109)(H,106,110)(H,107,111)(H,108,118). The number of hydrogen-bond acceptors (Lipinski definition) is 21. The molecule has 1 aromatic rings. The maximum absolute atomic E-state index is 14.0. The van der Waals surface area contributed by atoms with Crippen LogP contribution in [0.3, 0.4) is 0 Å². The van der Waals surface area contributed by atoms with Crippen molar-refractivity contribution in [2.45, 2.75) is 414 Å². The fraction of sp³-hybridized carbons (Fsp3) is 0.835. The lowest BCUT2D eigenvalue weighted by Gasteiger charge is -2.44. The summed E-state index contributed by atoms with van der Waals surface area (Å²) in [7, 11) is 0. The van der Waals surface area contributed by atoms with Gasteiger partial charge in [0, 0.05) is 113 Å². The SMILES string of the molecule is CC(=O)NC1C(OCCCCCCCCCCCCCNC(=O)CCOCC(COCCC(=O)CCCCCCCCCCCCCOC2CC(COC(C)=O)C(C)C(C)C2NC(C)=O)(COCCC(=O)CCCCCCCCCCCCCOC2CC(COC(C)=O)C(C)C(C)C2NC(C)=O)NC(=O)CCCC(=O)OCc2ccccc2)CC(COC(C)=O)C(C)C1C. The molecule has 0 aliphatic heterocycles. The molecule has 0 heterocycles. The van der Waals surface area contributed by atoms with Crippen LogP contribution in [0.25, 0.3) is 0 Å². The van der Waals surface area contributed by atoms with E-state index in [-0.39, 0.29) is 233 Å². The average Bonchev–Trinajstić information content (AvgIpc) is 0.811. The molecule has 0 bridgehead atoms. The molecule has 15 unspecified atom stereocenters. The quantitative estimate of drug-likeness (QED) is 0.0230. The number of carbonyl (C=O) groups excluding carboxylic acids is 11. The zero-order valence-corrected chi connectivity index (χ0v) is 82.1. The van der Waals surface area contributed by atoms with Crippen molar-refractivity contribution < 1.29 is 100 Å². The van der Waals surface area contributed by atoms with Crippen molar-refractivity contribution in [1.29, 1.82) is 0 Å². The van der Waals surface area contributed by atoms with E-state index < -0.39 is 11.5 Å². The fourth-order valence-corrected chi connectivity index (χ4v) is 18.7. The van der Waals surface area contributed by atoms with Crippen molar-refractivity contribution in [3.63, 3.8) is 0 Å². The number of carbonyl (C=O) groups is 11. The van der Waals surface area contributed by atoms with Gasteiger partial charge in [0.1, 0.15) is 23.7 Å². The molecule has 3 aliphatic rings. The molecule has 26 heteroatoms. The number of esters is 4. The Hall–Kier alpha value is -6.45. The van der Waals surface area contributed by atoms with Gasteiger partial charge in [-0.25, -0.2) is 0 Å². The van der Waals surface area contributed by atoms with Crippen molar-refractivity contribution in [3.8, 4) is 0 Å². The van der Waals surface area contributed by atoms with Crippen molar-refractivity contribution in [3.05, 3.63) is 35.9 Å². The summed E-state index contributed by atoms with van der Waals surface area (Å²) in [4.78, 5) is 138. The van der Waals surface area contributed by atoms with Gasteiger partial charge < -0.3 is 74.0 Å². The number of unbranched alkanes of at least 4 members (excludes halogenated alkanes) is 30. The van der Waals surface area contributed by atoms with Crippen LogP contribution in [0.1, 0.15) is 371 Å². The zero-order chi connectivity index (χ0) is 94.2. The molecule has 5 amide bonds. The summed E-state index contributed by atoms with van der Waals surface area (Å²) < 4.78 is 59.8. The molecule has 740 valence electrons. The highest BCUT2D eigenvalue weighted by Crippen LogP contribution is 2.40. The van der Waals surface area contributed by atoms with E-state index in [1.165, 1.54) is 85.0 Å². The number of amides is 5. The Kier molecular flexibility index (Phi) is 62.6. The Balaban J connectivity index is 1.21. The van der Waals surface area contributed by atoms with Gasteiger partial charge in [0.2, 0.25) is 29.5 Å². The average molecular weight is 1820 g/mol. The first-order chi connectivity index (χ1) is 62.1. The second kappa shape index (κ2) is 70.3. The molecule has 3 fully saturated rings. The van der Waals surface area contributed by atoms with E-state index in [9.17, 15) is 52.7 Å². The van der Waals surface area contributed by atoms with Crippen LogP contribution in [0.5, 0.6) is 0 Å². The first-order valence-corrected chi connectivity index (χ1v) is 50.7. The molecule has 1 aromatic carbocycles. The Labute approximate surface area is 776 Å². The topological polar surface area (TPSA) is 340 Å². The molecular weight excluding hydrogens is 1640 g/mol. The van der Waals surface area contributed by atoms with Crippen LogP contribution in [-0.4, -0.2) is 193 Å². The van der Waals surface area contributed by atoms with E-state index in [4.69, 9.17) is 47.4 Å². The Morgan fingerprint density at radius 1 is 0.318 bits per heavy atom. The number of ketones is 2. The number of rotatable bonds is 76. The van der Waals surface area contributed by atoms with Gasteiger partial charge in [-0.3, -0.25) is 52.7 Å². The molecule has 0 radical (unpaired) electrons. The molecule has 5 N–H and O–H groups in total.